The third kappa shape index (κ3) is 5.09. The largest absolute Gasteiger partial charge is 0.351 e. The Kier molecular flexibility index (Phi) is 7.06. The molecule has 1 aliphatic heterocycles. The maximum Gasteiger partial charge on any atom is 0.269 e. The molecule has 1 aliphatic rings. The number of anilines is 1. The van der Waals surface area contributed by atoms with Gasteiger partial charge in [-0.15, -0.1) is 0 Å². The quantitative estimate of drug-likeness (QED) is 0.125. The van der Waals surface area contributed by atoms with Gasteiger partial charge in [-0.1, -0.05) is 30.0 Å². The first-order valence-corrected chi connectivity index (χ1v) is 14.0. The summed E-state index contributed by atoms with van der Waals surface area (Å²) < 4.78 is 2.22. The van der Waals surface area contributed by atoms with Crippen molar-refractivity contribution in [2.24, 2.45) is 0 Å². The number of thiocarbonyl (C=S) groups is 1. The van der Waals surface area contributed by atoms with E-state index in [2.05, 4.69) is 93.6 Å². The second kappa shape index (κ2) is 11.0. The second-order valence-corrected chi connectivity index (χ2v) is 11.0. The Morgan fingerprint density at radius 2 is 1.65 bits per heavy atom. The van der Waals surface area contributed by atoms with Gasteiger partial charge in [0.05, 0.1) is 16.7 Å². The van der Waals surface area contributed by atoms with Gasteiger partial charge in [-0.05, 0) is 97.5 Å². The number of hydrogen-bond acceptors (Lipinski definition) is 5. The van der Waals surface area contributed by atoms with Crippen LogP contribution in [0.4, 0.5) is 11.4 Å². The molecule has 9 heteroatoms. The van der Waals surface area contributed by atoms with Gasteiger partial charge < -0.3 is 14.8 Å². The summed E-state index contributed by atoms with van der Waals surface area (Å²) in [6.07, 6.45) is 3.90. The van der Waals surface area contributed by atoms with Crippen LogP contribution in [0.2, 0.25) is 0 Å². The summed E-state index contributed by atoms with van der Waals surface area (Å²) in [7, 11) is 0. The highest BCUT2D eigenvalue weighted by atomic mass is 32.2. The van der Waals surface area contributed by atoms with E-state index in [0.717, 1.165) is 32.6 Å². The van der Waals surface area contributed by atoms with Crippen molar-refractivity contribution >= 4 is 40.5 Å². The molecule has 0 spiro atoms. The Hall–Kier alpha value is -4.47. The number of nitro groups is 1. The SMILES string of the molecule is Cc1cccc(-n2cccc2[C@@H]2[C@H](c3ccccn3)NC(=S)N2c2ccc(Sc3ccc([N+](=O)[O-])cc3)cc2)c1. The van der Waals surface area contributed by atoms with Crippen LogP contribution in [0.5, 0.6) is 0 Å². The molecule has 0 saturated carbocycles. The molecular formula is C31H25N5O2S2. The van der Waals surface area contributed by atoms with E-state index < -0.39 is 0 Å². The standard InChI is InChI=1S/C31H25N5O2S2/c1-21-6-4-7-24(20-21)34-19-5-9-28(34)30-29(27-8-2-3-18-32-27)33-31(39)35(30)22-10-14-25(15-11-22)40-26-16-12-23(13-17-26)36(37)38/h2-20,29-30H,1H3,(H,33,39)/t29-,30+/m0/s1. The zero-order valence-corrected chi connectivity index (χ0v) is 23.2. The molecule has 1 saturated heterocycles. The van der Waals surface area contributed by atoms with Gasteiger partial charge >= 0.3 is 0 Å². The topological polar surface area (TPSA) is 76.2 Å². The lowest BCUT2D eigenvalue weighted by atomic mass is 10.0. The molecule has 40 heavy (non-hydrogen) atoms. The molecule has 1 fully saturated rings. The molecule has 0 aliphatic carbocycles. The predicted octanol–water partition coefficient (Wildman–Crippen LogP) is 7.42. The molecule has 0 unspecified atom stereocenters. The van der Waals surface area contributed by atoms with E-state index in [4.69, 9.17) is 12.2 Å². The number of hydrogen-bond donors (Lipinski definition) is 1. The highest BCUT2D eigenvalue weighted by Crippen LogP contribution is 2.43. The van der Waals surface area contributed by atoms with Crippen molar-refractivity contribution in [3.8, 4) is 5.69 Å². The Balaban J connectivity index is 1.36. The summed E-state index contributed by atoms with van der Waals surface area (Å²) in [5.74, 6) is 0. The normalized spacial score (nSPS) is 16.6. The van der Waals surface area contributed by atoms with E-state index in [1.54, 1.807) is 23.9 Å². The maximum atomic E-state index is 11.0. The van der Waals surface area contributed by atoms with Gasteiger partial charge in [-0.2, -0.15) is 0 Å². The molecule has 3 heterocycles. The number of aromatic nitrogens is 2. The first kappa shape index (κ1) is 25.8. The number of benzene rings is 3. The van der Waals surface area contributed by atoms with E-state index >= 15 is 0 Å². The van der Waals surface area contributed by atoms with Crippen LogP contribution in [0.15, 0.2) is 125 Å². The van der Waals surface area contributed by atoms with Crippen LogP contribution in [0.3, 0.4) is 0 Å². The fourth-order valence-electron chi connectivity index (χ4n) is 5.03. The minimum absolute atomic E-state index is 0.0821. The zero-order valence-electron chi connectivity index (χ0n) is 21.5. The molecular weight excluding hydrogens is 539 g/mol. The summed E-state index contributed by atoms with van der Waals surface area (Å²) >= 11 is 7.47. The molecule has 1 N–H and O–H groups in total. The highest BCUT2D eigenvalue weighted by Gasteiger charge is 2.42. The van der Waals surface area contributed by atoms with Crippen LogP contribution >= 0.6 is 24.0 Å². The predicted molar refractivity (Wildman–Crippen MR) is 162 cm³/mol. The van der Waals surface area contributed by atoms with Gasteiger partial charge in [0.25, 0.3) is 5.69 Å². The van der Waals surface area contributed by atoms with Crippen molar-refractivity contribution in [1.29, 1.82) is 0 Å². The van der Waals surface area contributed by atoms with Crippen LogP contribution in [0.1, 0.15) is 29.0 Å². The maximum absolute atomic E-state index is 11.0. The third-order valence-corrected chi connectivity index (χ3v) is 8.19. The summed E-state index contributed by atoms with van der Waals surface area (Å²) in [5, 5.41) is 15.1. The number of nitrogens with one attached hydrogen (secondary N) is 1. The lowest BCUT2D eigenvalue weighted by Crippen LogP contribution is -2.30. The number of non-ortho nitro benzene ring substituents is 1. The second-order valence-electron chi connectivity index (χ2n) is 9.49. The number of pyridine rings is 1. The first-order valence-electron chi connectivity index (χ1n) is 12.8. The smallest absolute Gasteiger partial charge is 0.269 e. The third-order valence-electron chi connectivity index (χ3n) is 6.86. The number of rotatable bonds is 7. The number of nitrogens with zero attached hydrogens (tertiary/aromatic N) is 4. The molecule has 6 rings (SSSR count). The van der Waals surface area contributed by atoms with Gasteiger partial charge in [0.15, 0.2) is 5.11 Å². The molecule has 2 atom stereocenters. The number of aryl methyl sites for hydroxylation is 1. The minimum atomic E-state index is -0.389. The lowest BCUT2D eigenvalue weighted by molar-refractivity contribution is -0.384. The molecule has 0 radical (unpaired) electrons. The van der Waals surface area contributed by atoms with Gasteiger partial charge in [0, 0.05) is 51.4 Å². The van der Waals surface area contributed by atoms with Crippen molar-refractivity contribution in [2.75, 3.05) is 4.90 Å². The Bertz CT molecular complexity index is 1670. The van der Waals surface area contributed by atoms with Crippen LogP contribution in [-0.4, -0.2) is 19.6 Å². The fraction of sp³-hybridized carbons (Fsp3) is 0.0968. The summed E-state index contributed by atoms with van der Waals surface area (Å²) in [6, 6.07) is 33.1. The van der Waals surface area contributed by atoms with Gasteiger partial charge in [-0.25, -0.2) is 0 Å². The van der Waals surface area contributed by atoms with E-state index in [1.807, 2.05) is 24.4 Å². The Labute approximate surface area is 241 Å². The zero-order chi connectivity index (χ0) is 27.6. The summed E-state index contributed by atoms with van der Waals surface area (Å²) in [5.41, 5.74) is 5.34. The van der Waals surface area contributed by atoms with E-state index in [9.17, 15) is 10.1 Å². The summed E-state index contributed by atoms with van der Waals surface area (Å²) in [4.78, 5) is 19.4. The van der Waals surface area contributed by atoms with Gasteiger partial charge in [0.1, 0.15) is 6.04 Å². The van der Waals surface area contributed by atoms with Crippen molar-refractivity contribution in [1.82, 2.24) is 14.9 Å². The minimum Gasteiger partial charge on any atom is -0.351 e. The number of nitro benzene ring substituents is 1. The van der Waals surface area contributed by atoms with Crippen molar-refractivity contribution in [3.63, 3.8) is 0 Å². The van der Waals surface area contributed by atoms with Crippen molar-refractivity contribution < 1.29 is 4.92 Å². The van der Waals surface area contributed by atoms with E-state index in [0.29, 0.717) is 5.11 Å². The highest BCUT2D eigenvalue weighted by molar-refractivity contribution is 7.99. The van der Waals surface area contributed by atoms with Gasteiger partial charge in [-0.3, -0.25) is 15.1 Å². The average molecular weight is 564 g/mol. The van der Waals surface area contributed by atoms with Crippen LogP contribution in [0, 0.1) is 17.0 Å². The molecule has 7 nitrogen and oxygen atoms in total. The Morgan fingerprint density at radius 1 is 0.900 bits per heavy atom. The first-order chi connectivity index (χ1) is 19.5. The molecule has 198 valence electrons. The summed E-state index contributed by atoms with van der Waals surface area (Å²) in [6.45, 7) is 2.10. The average Bonchev–Trinajstić information content (AvgIpc) is 3.59. The van der Waals surface area contributed by atoms with Crippen molar-refractivity contribution in [3.05, 3.63) is 143 Å². The van der Waals surface area contributed by atoms with Gasteiger partial charge in [0.2, 0.25) is 0 Å². The lowest BCUT2D eigenvalue weighted by Gasteiger charge is -2.29. The van der Waals surface area contributed by atoms with Crippen LogP contribution in [0.25, 0.3) is 5.69 Å². The molecule has 0 amide bonds. The molecule has 0 bridgehead atoms. The molecule has 3 aromatic carbocycles. The molecule has 5 aromatic rings. The van der Waals surface area contributed by atoms with Crippen LogP contribution in [-0.2, 0) is 0 Å². The monoisotopic (exact) mass is 563 g/mol. The van der Waals surface area contributed by atoms with E-state index in [1.165, 1.54) is 17.7 Å². The fourth-order valence-corrected chi connectivity index (χ4v) is 6.19. The van der Waals surface area contributed by atoms with E-state index in [-0.39, 0.29) is 22.7 Å². The Morgan fingerprint density at radius 3 is 2.33 bits per heavy atom. The van der Waals surface area contributed by atoms with Crippen molar-refractivity contribution in [2.45, 2.75) is 28.8 Å². The molecule has 2 aromatic heterocycles. The van der Waals surface area contributed by atoms with Crippen LogP contribution < -0.4 is 10.2 Å².